The van der Waals surface area contributed by atoms with Gasteiger partial charge in [0.2, 0.25) is 0 Å². The van der Waals surface area contributed by atoms with E-state index in [1.54, 1.807) is 24.5 Å². The minimum Gasteiger partial charge on any atom is -0.395 e. The van der Waals surface area contributed by atoms with Crippen molar-refractivity contribution < 1.29 is 13.9 Å². The highest BCUT2D eigenvalue weighted by molar-refractivity contribution is 5.09. The number of rotatable bonds is 6. The molecule has 1 aromatic heterocycles. The summed E-state index contributed by atoms with van der Waals surface area (Å²) in [5.41, 5.74) is 0.916. The van der Waals surface area contributed by atoms with Crippen LogP contribution in [0.4, 0.5) is 8.78 Å². The molecule has 15 heavy (non-hydrogen) atoms. The van der Waals surface area contributed by atoms with Crippen molar-refractivity contribution in [2.45, 2.75) is 13.0 Å². The average Bonchev–Trinajstić information content (AvgIpc) is 2.18. The third-order valence-electron chi connectivity index (χ3n) is 1.97. The van der Waals surface area contributed by atoms with Crippen molar-refractivity contribution >= 4 is 0 Å². The van der Waals surface area contributed by atoms with Crippen molar-refractivity contribution in [3.63, 3.8) is 0 Å². The maximum atomic E-state index is 12.2. The van der Waals surface area contributed by atoms with Gasteiger partial charge in [-0.3, -0.25) is 9.88 Å². The third kappa shape index (κ3) is 4.80. The lowest BCUT2D eigenvalue weighted by Gasteiger charge is -2.20. The quantitative estimate of drug-likeness (QED) is 0.774. The SMILES string of the molecule is OCCN(Cc1ccncc1)CC(F)F. The molecular formula is C10H14F2N2O. The molecule has 0 aliphatic heterocycles. The molecular weight excluding hydrogens is 202 g/mol. The van der Waals surface area contributed by atoms with Crippen LogP contribution in [0.3, 0.4) is 0 Å². The van der Waals surface area contributed by atoms with Crippen LogP contribution in [0.15, 0.2) is 24.5 Å². The highest BCUT2D eigenvalue weighted by atomic mass is 19.3. The highest BCUT2D eigenvalue weighted by Gasteiger charge is 2.11. The monoisotopic (exact) mass is 216 g/mol. The Bertz CT molecular complexity index is 269. The molecule has 3 nitrogen and oxygen atoms in total. The normalized spacial score (nSPS) is 11.3. The zero-order chi connectivity index (χ0) is 11.1. The Morgan fingerprint density at radius 3 is 2.53 bits per heavy atom. The summed E-state index contributed by atoms with van der Waals surface area (Å²) in [7, 11) is 0. The number of aromatic nitrogens is 1. The Labute approximate surface area is 87.4 Å². The number of halogens is 2. The Morgan fingerprint density at radius 1 is 1.33 bits per heavy atom. The van der Waals surface area contributed by atoms with Crippen LogP contribution < -0.4 is 0 Å². The van der Waals surface area contributed by atoms with Gasteiger partial charge in [-0.05, 0) is 17.7 Å². The minimum atomic E-state index is -2.38. The lowest BCUT2D eigenvalue weighted by Crippen LogP contribution is -2.31. The summed E-state index contributed by atoms with van der Waals surface area (Å²) in [6.45, 7) is 0.237. The van der Waals surface area contributed by atoms with E-state index in [0.717, 1.165) is 5.56 Å². The van der Waals surface area contributed by atoms with E-state index in [1.807, 2.05) is 0 Å². The van der Waals surface area contributed by atoms with Gasteiger partial charge in [-0.25, -0.2) is 8.78 Å². The average molecular weight is 216 g/mol. The Balaban J connectivity index is 2.50. The van der Waals surface area contributed by atoms with Gasteiger partial charge in [-0.2, -0.15) is 0 Å². The second kappa shape index (κ2) is 6.42. The van der Waals surface area contributed by atoms with Crippen LogP contribution in [0.25, 0.3) is 0 Å². The first-order valence-electron chi connectivity index (χ1n) is 4.72. The summed E-state index contributed by atoms with van der Waals surface area (Å²) in [5, 5.41) is 8.73. The first-order valence-corrected chi connectivity index (χ1v) is 4.72. The number of nitrogens with zero attached hydrogens (tertiary/aromatic N) is 2. The van der Waals surface area contributed by atoms with Crippen LogP contribution in [0, 0.1) is 0 Å². The molecule has 0 saturated heterocycles. The van der Waals surface area contributed by atoms with Gasteiger partial charge >= 0.3 is 0 Å². The molecule has 0 saturated carbocycles. The molecule has 1 N–H and O–H groups in total. The number of pyridine rings is 1. The van der Waals surface area contributed by atoms with Crippen LogP contribution in [0.5, 0.6) is 0 Å². The van der Waals surface area contributed by atoms with Crippen molar-refractivity contribution in [2.24, 2.45) is 0 Å². The largest absolute Gasteiger partial charge is 0.395 e. The van der Waals surface area contributed by atoms with Gasteiger partial charge < -0.3 is 5.11 Å². The number of hydrogen-bond donors (Lipinski definition) is 1. The molecule has 0 unspecified atom stereocenters. The van der Waals surface area contributed by atoms with E-state index >= 15 is 0 Å². The van der Waals surface area contributed by atoms with E-state index in [2.05, 4.69) is 4.98 Å². The van der Waals surface area contributed by atoms with Crippen LogP contribution >= 0.6 is 0 Å². The lowest BCUT2D eigenvalue weighted by molar-refractivity contribution is 0.0746. The maximum Gasteiger partial charge on any atom is 0.251 e. The molecule has 0 spiro atoms. The Hall–Kier alpha value is -1.07. The predicted molar refractivity (Wildman–Crippen MR) is 52.6 cm³/mol. The number of alkyl halides is 2. The summed E-state index contributed by atoms with van der Waals surface area (Å²) in [6.07, 6.45) is 0.863. The van der Waals surface area contributed by atoms with Crippen LogP contribution in [-0.4, -0.2) is 41.1 Å². The summed E-state index contributed by atoms with van der Waals surface area (Å²) in [5.74, 6) is 0. The number of hydrogen-bond acceptors (Lipinski definition) is 3. The zero-order valence-electron chi connectivity index (χ0n) is 8.31. The summed E-state index contributed by atoms with van der Waals surface area (Å²) < 4.78 is 24.4. The third-order valence-corrected chi connectivity index (χ3v) is 1.97. The first kappa shape index (κ1) is 12.0. The smallest absolute Gasteiger partial charge is 0.251 e. The standard InChI is InChI=1S/C10H14F2N2O/c11-10(12)8-14(5-6-15)7-9-1-3-13-4-2-9/h1-4,10,15H,5-8H2. The van der Waals surface area contributed by atoms with Gasteiger partial charge in [0, 0.05) is 25.5 Å². The van der Waals surface area contributed by atoms with Gasteiger partial charge in [0.05, 0.1) is 13.2 Å². The molecule has 0 atom stereocenters. The van der Waals surface area contributed by atoms with E-state index in [9.17, 15) is 8.78 Å². The second-order valence-corrected chi connectivity index (χ2v) is 3.21. The molecule has 0 amide bonds. The van der Waals surface area contributed by atoms with E-state index in [-0.39, 0.29) is 19.7 Å². The minimum absolute atomic E-state index is 0.113. The molecule has 1 heterocycles. The fourth-order valence-corrected chi connectivity index (χ4v) is 1.32. The molecule has 5 heteroatoms. The van der Waals surface area contributed by atoms with Crippen molar-refractivity contribution in [3.05, 3.63) is 30.1 Å². The summed E-state index contributed by atoms with van der Waals surface area (Å²) >= 11 is 0. The Morgan fingerprint density at radius 2 is 2.00 bits per heavy atom. The van der Waals surface area contributed by atoms with E-state index < -0.39 is 6.43 Å². The summed E-state index contributed by atoms with van der Waals surface area (Å²) in [4.78, 5) is 5.36. The molecule has 0 aliphatic carbocycles. The van der Waals surface area contributed by atoms with Crippen molar-refractivity contribution in [1.82, 2.24) is 9.88 Å². The molecule has 1 rings (SSSR count). The summed E-state index contributed by atoms with van der Waals surface area (Å²) in [6, 6.07) is 3.55. The molecule has 0 aromatic carbocycles. The van der Waals surface area contributed by atoms with Crippen LogP contribution in [-0.2, 0) is 6.54 Å². The number of aliphatic hydroxyl groups is 1. The van der Waals surface area contributed by atoms with Crippen molar-refractivity contribution in [2.75, 3.05) is 19.7 Å². The fraction of sp³-hybridized carbons (Fsp3) is 0.500. The van der Waals surface area contributed by atoms with Gasteiger partial charge in [0.1, 0.15) is 0 Å². The molecule has 0 fully saturated rings. The molecule has 84 valence electrons. The maximum absolute atomic E-state index is 12.2. The Kier molecular flexibility index (Phi) is 5.14. The number of aliphatic hydroxyl groups excluding tert-OH is 1. The topological polar surface area (TPSA) is 36.4 Å². The molecule has 0 radical (unpaired) electrons. The lowest BCUT2D eigenvalue weighted by atomic mass is 10.2. The predicted octanol–water partition coefficient (Wildman–Crippen LogP) is 1.14. The van der Waals surface area contributed by atoms with Crippen LogP contribution in [0.1, 0.15) is 5.56 Å². The first-order chi connectivity index (χ1) is 7.22. The van der Waals surface area contributed by atoms with Crippen molar-refractivity contribution in [1.29, 1.82) is 0 Å². The van der Waals surface area contributed by atoms with Gasteiger partial charge in [0.15, 0.2) is 0 Å². The van der Waals surface area contributed by atoms with Crippen molar-refractivity contribution in [3.8, 4) is 0 Å². The molecule has 0 bridgehead atoms. The van der Waals surface area contributed by atoms with E-state index in [1.165, 1.54) is 4.90 Å². The molecule has 0 aliphatic rings. The highest BCUT2D eigenvalue weighted by Crippen LogP contribution is 2.05. The zero-order valence-corrected chi connectivity index (χ0v) is 8.31. The van der Waals surface area contributed by atoms with E-state index in [0.29, 0.717) is 6.54 Å². The van der Waals surface area contributed by atoms with E-state index in [4.69, 9.17) is 5.11 Å². The van der Waals surface area contributed by atoms with Crippen LogP contribution in [0.2, 0.25) is 0 Å². The van der Waals surface area contributed by atoms with Gasteiger partial charge in [-0.15, -0.1) is 0 Å². The molecule has 1 aromatic rings. The second-order valence-electron chi connectivity index (χ2n) is 3.21. The van der Waals surface area contributed by atoms with Gasteiger partial charge in [0.25, 0.3) is 6.43 Å². The fourth-order valence-electron chi connectivity index (χ4n) is 1.32. The van der Waals surface area contributed by atoms with Gasteiger partial charge in [-0.1, -0.05) is 0 Å².